The van der Waals surface area contributed by atoms with Crippen LogP contribution in [-0.4, -0.2) is 11.6 Å². The summed E-state index contributed by atoms with van der Waals surface area (Å²) >= 11 is 0. The minimum atomic E-state index is 1.17. The van der Waals surface area contributed by atoms with E-state index < -0.39 is 0 Å². The highest BCUT2D eigenvalue weighted by molar-refractivity contribution is 6.09. The molecule has 0 radical (unpaired) electrons. The van der Waals surface area contributed by atoms with E-state index in [2.05, 4.69) is 132 Å². The van der Waals surface area contributed by atoms with Crippen LogP contribution >= 0.6 is 0 Å². The summed E-state index contributed by atoms with van der Waals surface area (Å²) < 4.78 is 2.39. The van der Waals surface area contributed by atoms with Gasteiger partial charge < -0.3 is 9.47 Å². The number of para-hydroxylation sites is 4. The fourth-order valence-electron chi connectivity index (χ4n) is 4.64. The van der Waals surface area contributed by atoms with Crippen molar-refractivity contribution in [3.05, 3.63) is 115 Å². The maximum Gasteiger partial charge on any atom is 0.0699 e. The van der Waals surface area contributed by atoms with Crippen molar-refractivity contribution in [2.75, 3.05) is 11.9 Å². The molecule has 0 aliphatic carbocycles. The topological polar surface area (TPSA) is 8.17 Å². The SMILES string of the molecule is CN(c1ccc2ccccc2c1)c1ccccc1-n1c2ccccc2c2ccccc21. The Hall–Kier alpha value is -4.04. The van der Waals surface area contributed by atoms with Crippen molar-refractivity contribution in [1.82, 2.24) is 4.57 Å². The molecule has 0 N–H and O–H groups in total. The van der Waals surface area contributed by atoms with E-state index in [0.717, 1.165) is 0 Å². The first-order valence-corrected chi connectivity index (χ1v) is 10.6. The monoisotopic (exact) mass is 398 g/mol. The van der Waals surface area contributed by atoms with Crippen LogP contribution in [0.4, 0.5) is 11.4 Å². The van der Waals surface area contributed by atoms with Gasteiger partial charge in [-0.05, 0) is 47.2 Å². The van der Waals surface area contributed by atoms with Crippen LogP contribution < -0.4 is 4.90 Å². The van der Waals surface area contributed by atoms with Gasteiger partial charge in [0.15, 0.2) is 0 Å². The second-order valence-electron chi connectivity index (χ2n) is 7.95. The largest absolute Gasteiger partial charge is 0.343 e. The third kappa shape index (κ3) is 2.80. The second-order valence-corrected chi connectivity index (χ2v) is 7.95. The molecule has 0 aliphatic rings. The first-order valence-electron chi connectivity index (χ1n) is 10.6. The third-order valence-corrected chi connectivity index (χ3v) is 6.18. The zero-order chi connectivity index (χ0) is 20.8. The number of aromatic nitrogens is 1. The molecule has 2 nitrogen and oxygen atoms in total. The summed E-state index contributed by atoms with van der Waals surface area (Å²) in [4.78, 5) is 2.28. The highest BCUT2D eigenvalue weighted by atomic mass is 15.1. The Kier molecular flexibility index (Phi) is 4.03. The van der Waals surface area contributed by atoms with Crippen LogP contribution in [0.15, 0.2) is 115 Å². The predicted octanol–water partition coefficient (Wildman–Crippen LogP) is 7.70. The Morgan fingerprint density at radius 2 is 1.13 bits per heavy atom. The summed E-state index contributed by atoms with van der Waals surface area (Å²) in [5.41, 5.74) is 5.97. The lowest BCUT2D eigenvalue weighted by Gasteiger charge is -2.24. The van der Waals surface area contributed by atoms with Crippen LogP contribution in [0.1, 0.15) is 0 Å². The molecule has 0 amide bonds. The van der Waals surface area contributed by atoms with Crippen molar-refractivity contribution >= 4 is 44.0 Å². The van der Waals surface area contributed by atoms with Gasteiger partial charge in [0.05, 0.1) is 22.4 Å². The summed E-state index contributed by atoms with van der Waals surface area (Å²) in [7, 11) is 2.15. The van der Waals surface area contributed by atoms with Gasteiger partial charge in [-0.2, -0.15) is 0 Å². The highest BCUT2D eigenvalue weighted by Crippen LogP contribution is 2.37. The molecule has 0 fully saturated rings. The molecule has 1 aromatic heterocycles. The van der Waals surface area contributed by atoms with Crippen molar-refractivity contribution in [2.24, 2.45) is 0 Å². The molecule has 0 unspecified atom stereocenters. The van der Waals surface area contributed by atoms with Crippen LogP contribution in [0.5, 0.6) is 0 Å². The molecule has 0 saturated heterocycles. The lowest BCUT2D eigenvalue weighted by molar-refractivity contribution is 1.13. The lowest BCUT2D eigenvalue weighted by atomic mass is 10.1. The van der Waals surface area contributed by atoms with Crippen LogP contribution in [0.3, 0.4) is 0 Å². The van der Waals surface area contributed by atoms with Crippen molar-refractivity contribution in [2.45, 2.75) is 0 Å². The molecule has 1 heterocycles. The second kappa shape index (κ2) is 7.03. The van der Waals surface area contributed by atoms with Gasteiger partial charge in [-0.1, -0.05) is 78.9 Å². The fourth-order valence-corrected chi connectivity index (χ4v) is 4.64. The average Bonchev–Trinajstić information content (AvgIpc) is 3.18. The summed E-state index contributed by atoms with van der Waals surface area (Å²) in [6.07, 6.45) is 0. The van der Waals surface area contributed by atoms with Gasteiger partial charge >= 0.3 is 0 Å². The summed E-state index contributed by atoms with van der Waals surface area (Å²) in [5.74, 6) is 0. The van der Waals surface area contributed by atoms with Crippen LogP contribution in [0, 0.1) is 0 Å². The molecule has 0 atom stereocenters. The number of rotatable bonds is 3. The number of hydrogen-bond acceptors (Lipinski definition) is 1. The van der Waals surface area contributed by atoms with E-state index in [1.807, 2.05) is 0 Å². The maximum atomic E-state index is 2.39. The molecule has 2 heteroatoms. The van der Waals surface area contributed by atoms with Crippen LogP contribution in [-0.2, 0) is 0 Å². The number of benzene rings is 5. The molecule has 0 spiro atoms. The molecule has 0 saturated carbocycles. The van der Waals surface area contributed by atoms with Gasteiger partial charge in [-0.3, -0.25) is 0 Å². The number of fused-ring (bicyclic) bond motifs is 4. The molecular weight excluding hydrogens is 376 g/mol. The van der Waals surface area contributed by atoms with Crippen molar-refractivity contribution in [3.8, 4) is 5.69 Å². The molecule has 148 valence electrons. The van der Waals surface area contributed by atoms with Gasteiger partial charge in [0, 0.05) is 23.5 Å². The smallest absolute Gasteiger partial charge is 0.0699 e. The minimum absolute atomic E-state index is 1.17. The van der Waals surface area contributed by atoms with E-state index >= 15 is 0 Å². The number of hydrogen-bond donors (Lipinski definition) is 0. The molecule has 5 aromatic carbocycles. The Bertz CT molecular complexity index is 1500. The zero-order valence-corrected chi connectivity index (χ0v) is 17.4. The summed E-state index contributed by atoms with van der Waals surface area (Å²) in [5, 5.41) is 5.07. The number of anilines is 2. The lowest BCUT2D eigenvalue weighted by Crippen LogP contribution is -2.12. The molecule has 6 aromatic rings. The molecule has 6 rings (SSSR count). The average molecular weight is 399 g/mol. The normalized spacial score (nSPS) is 11.4. The molecule has 0 bridgehead atoms. The van der Waals surface area contributed by atoms with E-state index in [9.17, 15) is 0 Å². The number of nitrogens with zero attached hydrogens (tertiary/aromatic N) is 2. The van der Waals surface area contributed by atoms with E-state index in [-0.39, 0.29) is 0 Å². The van der Waals surface area contributed by atoms with Gasteiger partial charge in [0.1, 0.15) is 0 Å². The Morgan fingerprint density at radius 3 is 1.87 bits per heavy atom. The Labute approximate surface area is 181 Å². The fraction of sp³-hybridized carbons (Fsp3) is 0.0345. The molecular formula is C29H22N2. The first kappa shape index (κ1) is 17.8. The van der Waals surface area contributed by atoms with E-state index in [4.69, 9.17) is 0 Å². The van der Waals surface area contributed by atoms with Gasteiger partial charge in [0.25, 0.3) is 0 Å². The zero-order valence-electron chi connectivity index (χ0n) is 17.4. The van der Waals surface area contributed by atoms with Gasteiger partial charge in [0.2, 0.25) is 0 Å². The third-order valence-electron chi connectivity index (χ3n) is 6.18. The van der Waals surface area contributed by atoms with Crippen LogP contribution in [0.2, 0.25) is 0 Å². The first-order chi connectivity index (χ1) is 15.3. The summed E-state index contributed by atoms with van der Waals surface area (Å²) in [6, 6.07) is 41.1. The van der Waals surface area contributed by atoms with Crippen LogP contribution in [0.25, 0.3) is 38.3 Å². The van der Waals surface area contributed by atoms with E-state index in [1.165, 1.54) is 49.6 Å². The van der Waals surface area contributed by atoms with E-state index in [1.54, 1.807) is 0 Å². The Balaban J connectivity index is 1.59. The van der Waals surface area contributed by atoms with E-state index in [0.29, 0.717) is 0 Å². The molecule has 31 heavy (non-hydrogen) atoms. The summed E-state index contributed by atoms with van der Waals surface area (Å²) in [6.45, 7) is 0. The highest BCUT2D eigenvalue weighted by Gasteiger charge is 2.16. The van der Waals surface area contributed by atoms with Crippen molar-refractivity contribution < 1.29 is 0 Å². The quantitative estimate of drug-likeness (QED) is 0.296. The molecule has 0 aliphatic heterocycles. The van der Waals surface area contributed by atoms with Gasteiger partial charge in [-0.25, -0.2) is 0 Å². The predicted molar refractivity (Wildman–Crippen MR) is 133 cm³/mol. The van der Waals surface area contributed by atoms with Gasteiger partial charge in [-0.15, -0.1) is 0 Å². The standard InChI is InChI=1S/C29H22N2/c1-30(23-19-18-21-10-2-3-11-22(21)20-23)28-16-8-9-17-29(28)31-26-14-6-4-12-24(26)25-13-5-7-15-27(25)31/h2-20H,1H3. The van der Waals surface area contributed by atoms with Crippen molar-refractivity contribution in [1.29, 1.82) is 0 Å². The minimum Gasteiger partial charge on any atom is -0.343 e. The van der Waals surface area contributed by atoms with Crippen molar-refractivity contribution in [3.63, 3.8) is 0 Å². The maximum absolute atomic E-state index is 2.39. The Morgan fingerprint density at radius 1 is 0.548 bits per heavy atom.